The molecule has 0 heterocycles. The number of carbonyl (C=O) groups is 1. The van der Waals surface area contributed by atoms with Crippen LogP contribution in [-0.4, -0.2) is 35.2 Å². The molecule has 6 nitrogen and oxygen atoms in total. The Morgan fingerprint density at radius 3 is 2.29 bits per heavy atom. The molecule has 31 heavy (non-hydrogen) atoms. The minimum Gasteiger partial charge on any atom is -0.493 e. The van der Waals surface area contributed by atoms with Crippen molar-refractivity contribution in [3.63, 3.8) is 0 Å². The monoisotopic (exact) mass is 503 g/mol. The van der Waals surface area contributed by atoms with E-state index in [2.05, 4.69) is 16.0 Å². The summed E-state index contributed by atoms with van der Waals surface area (Å²) in [5, 5.41) is 8.78. The van der Waals surface area contributed by atoms with Crippen molar-refractivity contribution in [3.05, 3.63) is 53.1 Å². The highest BCUT2D eigenvalue weighted by atomic mass is 35.6. The fourth-order valence-corrected chi connectivity index (χ4v) is 3.39. The second kappa shape index (κ2) is 11.1. The van der Waals surface area contributed by atoms with Gasteiger partial charge in [-0.15, -0.1) is 0 Å². The van der Waals surface area contributed by atoms with Crippen molar-refractivity contribution >= 4 is 63.7 Å². The number of hydrogen-bond donors (Lipinski definition) is 3. The number of ether oxygens (including phenoxy) is 2. The van der Waals surface area contributed by atoms with Crippen LogP contribution in [0.1, 0.15) is 16.7 Å². The van der Waals surface area contributed by atoms with Gasteiger partial charge < -0.3 is 25.4 Å². The highest BCUT2D eigenvalue weighted by molar-refractivity contribution is 7.80. The fourth-order valence-electron chi connectivity index (χ4n) is 2.83. The van der Waals surface area contributed by atoms with Crippen LogP contribution in [0.2, 0.25) is 0 Å². The molecule has 0 aromatic heterocycles. The first-order chi connectivity index (χ1) is 14.5. The van der Waals surface area contributed by atoms with Crippen LogP contribution in [0.15, 0.2) is 36.4 Å². The molecule has 168 valence electrons. The quantitative estimate of drug-likeness (QED) is 0.289. The molecule has 2 aromatic carbocycles. The molecule has 0 saturated heterocycles. The molecule has 0 bridgehead atoms. The van der Waals surface area contributed by atoms with Crippen molar-refractivity contribution in [2.75, 3.05) is 19.5 Å². The van der Waals surface area contributed by atoms with E-state index >= 15 is 0 Å². The first kappa shape index (κ1) is 25.3. The number of methoxy groups -OCH3 is 2. The molecule has 0 spiro atoms. The summed E-state index contributed by atoms with van der Waals surface area (Å²) in [5.41, 5.74) is 3.65. The molecule has 3 N–H and O–H groups in total. The van der Waals surface area contributed by atoms with E-state index in [1.54, 1.807) is 18.2 Å². The van der Waals surface area contributed by atoms with Gasteiger partial charge >= 0.3 is 0 Å². The highest BCUT2D eigenvalue weighted by Gasteiger charge is 2.34. The first-order valence-electron chi connectivity index (χ1n) is 9.25. The maximum absolute atomic E-state index is 12.6. The van der Waals surface area contributed by atoms with E-state index in [0.717, 1.165) is 16.8 Å². The van der Waals surface area contributed by atoms with Crippen LogP contribution in [0.4, 0.5) is 5.69 Å². The summed E-state index contributed by atoms with van der Waals surface area (Å²) in [6.07, 6.45) is -1.02. The molecule has 1 unspecified atom stereocenters. The Morgan fingerprint density at radius 2 is 1.71 bits per heavy atom. The maximum Gasteiger partial charge on any atom is 0.228 e. The van der Waals surface area contributed by atoms with Crippen molar-refractivity contribution in [1.29, 1.82) is 0 Å². The van der Waals surface area contributed by atoms with Gasteiger partial charge in [0.05, 0.1) is 20.6 Å². The lowest BCUT2D eigenvalue weighted by Crippen LogP contribution is -2.56. The number of halogens is 3. The summed E-state index contributed by atoms with van der Waals surface area (Å²) < 4.78 is 8.62. The lowest BCUT2D eigenvalue weighted by atomic mass is 10.1. The Bertz CT molecular complexity index is 951. The van der Waals surface area contributed by atoms with E-state index in [1.807, 2.05) is 32.0 Å². The number of nitrogens with one attached hydrogen (secondary N) is 3. The standard InChI is InChI=1S/C21H24Cl3N3O3S/c1-12-5-7-15(13(2)9-12)25-20(31)27-19(21(22,23)24)26-18(28)11-14-6-8-16(29-3)17(10-14)30-4/h5-10,19H,11H2,1-4H3,(H,26,28)(H2,25,27,31). The molecule has 0 fully saturated rings. The van der Waals surface area contributed by atoms with Crippen LogP contribution in [0.5, 0.6) is 11.5 Å². The van der Waals surface area contributed by atoms with Crippen LogP contribution < -0.4 is 25.4 Å². The van der Waals surface area contributed by atoms with Gasteiger partial charge in [0.25, 0.3) is 0 Å². The van der Waals surface area contributed by atoms with Crippen molar-refractivity contribution in [1.82, 2.24) is 10.6 Å². The molecule has 0 saturated carbocycles. The fraction of sp³-hybridized carbons (Fsp3) is 0.333. The zero-order valence-electron chi connectivity index (χ0n) is 17.5. The smallest absolute Gasteiger partial charge is 0.228 e. The zero-order chi connectivity index (χ0) is 23.2. The second-order valence-electron chi connectivity index (χ2n) is 6.83. The number of anilines is 1. The van der Waals surface area contributed by atoms with Crippen molar-refractivity contribution < 1.29 is 14.3 Å². The van der Waals surface area contributed by atoms with E-state index in [9.17, 15) is 4.79 Å². The second-order valence-corrected chi connectivity index (χ2v) is 9.60. The predicted molar refractivity (Wildman–Crippen MR) is 131 cm³/mol. The summed E-state index contributed by atoms with van der Waals surface area (Å²) in [4.78, 5) is 12.6. The average molecular weight is 505 g/mol. The van der Waals surface area contributed by atoms with E-state index in [1.165, 1.54) is 14.2 Å². The van der Waals surface area contributed by atoms with Crippen LogP contribution in [0.25, 0.3) is 0 Å². The normalized spacial score (nSPS) is 12.0. The van der Waals surface area contributed by atoms with Gasteiger partial charge in [0.2, 0.25) is 9.70 Å². The molecule has 1 amide bonds. The Morgan fingerprint density at radius 1 is 1.03 bits per heavy atom. The summed E-state index contributed by atoms with van der Waals surface area (Å²) in [5.74, 6) is 0.711. The summed E-state index contributed by atoms with van der Waals surface area (Å²) in [6.45, 7) is 3.95. The van der Waals surface area contributed by atoms with Crippen molar-refractivity contribution in [2.24, 2.45) is 0 Å². The number of rotatable bonds is 7. The van der Waals surface area contributed by atoms with Crippen molar-refractivity contribution in [3.8, 4) is 11.5 Å². The SMILES string of the molecule is COc1ccc(CC(=O)NC(NC(=S)Nc2ccc(C)cc2C)C(Cl)(Cl)Cl)cc1OC. The molecule has 1 atom stereocenters. The van der Waals surface area contributed by atoms with Gasteiger partial charge in [-0.3, -0.25) is 4.79 Å². The molecule has 10 heteroatoms. The lowest BCUT2D eigenvalue weighted by molar-refractivity contribution is -0.121. The summed E-state index contributed by atoms with van der Waals surface area (Å²) >= 11 is 23.5. The molecule has 0 aliphatic heterocycles. The minimum atomic E-state index is -1.85. The van der Waals surface area contributed by atoms with Crippen LogP contribution >= 0.6 is 47.0 Å². The number of amides is 1. The zero-order valence-corrected chi connectivity index (χ0v) is 20.6. The number of thiocarbonyl (C=S) groups is 1. The van der Waals surface area contributed by atoms with Gasteiger partial charge in [-0.2, -0.15) is 0 Å². The Kier molecular flexibility index (Phi) is 9.06. The van der Waals surface area contributed by atoms with Gasteiger partial charge in [-0.1, -0.05) is 58.6 Å². The lowest BCUT2D eigenvalue weighted by Gasteiger charge is -2.28. The predicted octanol–water partition coefficient (Wildman–Crippen LogP) is 4.66. The molecular formula is C21H24Cl3N3O3S. The average Bonchev–Trinajstić information content (AvgIpc) is 2.68. The Balaban J connectivity index is 2.05. The molecule has 0 aliphatic carbocycles. The Labute approximate surface area is 202 Å². The third-order valence-corrected chi connectivity index (χ3v) is 5.23. The van der Waals surface area contributed by atoms with E-state index < -0.39 is 9.96 Å². The van der Waals surface area contributed by atoms with Gasteiger partial charge in [0, 0.05) is 5.69 Å². The summed E-state index contributed by atoms with van der Waals surface area (Å²) in [6, 6.07) is 11.1. The van der Waals surface area contributed by atoms with Gasteiger partial charge in [-0.05, 0) is 55.4 Å². The van der Waals surface area contributed by atoms with Crippen molar-refractivity contribution in [2.45, 2.75) is 30.2 Å². The van der Waals surface area contributed by atoms with Crippen LogP contribution in [0, 0.1) is 13.8 Å². The maximum atomic E-state index is 12.6. The van der Waals surface area contributed by atoms with E-state index in [4.69, 9.17) is 56.5 Å². The minimum absolute atomic E-state index is 0.0382. The van der Waals surface area contributed by atoms with E-state index in [0.29, 0.717) is 17.1 Å². The third-order valence-electron chi connectivity index (χ3n) is 4.35. The molecular weight excluding hydrogens is 481 g/mol. The number of hydrogen-bond acceptors (Lipinski definition) is 4. The molecule has 0 aliphatic rings. The number of alkyl halides is 3. The van der Waals surface area contributed by atoms with Gasteiger partial charge in [-0.25, -0.2) is 0 Å². The largest absolute Gasteiger partial charge is 0.493 e. The number of benzene rings is 2. The van der Waals surface area contributed by atoms with Gasteiger partial charge in [0.15, 0.2) is 16.6 Å². The number of aryl methyl sites for hydroxylation is 2. The third kappa shape index (κ3) is 7.61. The van der Waals surface area contributed by atoms with Crippen LogP contribution in [-0.2, 0) is 11.2 Å². The highest BCUT2D eigenvalue weighted by Crippen LogP contribution is 2.30. The topological polar surface area (TPSA) is 71.6 Å². The number of carbonyl (C=O) groups excluding carboxylic acids is 1. The summed E-state index contributed by atoms with van der Waals surface area (Å²) in [7, 11) is 3.06. The first-order valence-corrected chi connectivity index (χ1v) is 10.8. The molecule has 0 radical (unpaired) electrons. The Hall–Kier alpha value is -1.93. The van der Waals surface area contributed by atoms with Crippen LogP contribution in [0.3, 0.4) is 0 Å². The molecule has 2 rings (SSSR count). The van der Waals surface area contributed by atoms with Gasteiger partial charge in [0.1, 0.15) is 6.17 Å². The molecule has 2 aromatic rings. The van der Waals surface area contributed by atoms with E-state index in [-0.39, 0.29) is 17.4 Å².